The number of carbonyl (C=O) groups excluding carboxylic acids is 1. The molecule has 3 unspecified atom stereocenters. The Morgan fingerprint density at radius 1 is 1.28 bits per heavy atom. The van der Waals surface area contributed by atoms with E-state index in [0.29, 0.717) is 31.7 Å². The molecule has 0 radical (unpaired) electrons. The summed E-state index contributed by atoms with van der Waals surface area (Å²) < 4.78 is 0. The topological polar surface area (TPSA) is 52.9 Å². The Morgan fingerprint density at radius 3 is 2.62 bits per heavy atom. The number of carbonyl (C=O) groups is 1. The maximum absolute atomic E-state index is 12.8. The first-order chi connectivity index (χ1) is 13.9. The van der Waals surface area contributed by atoms with Gasteiger partial charge in [0.1, 0.15) is 0 Å². The summed E-state index contributed by atoms with van der Waals surface area (Å²) in [5, 5.41) is 12.6. The zero-order chi connectivity index (χ0) is 21.5. The van der Waals surface area contributed by atoms with Gasteiger partial charge in [-0.1, -0.05) is 81.5 Å². The molecular formula is C26H36N2O. The van der Waals surface area contributed by atoms with Crippen molar-refractivity contribution >= 4 is 12.0 Å². The fraction of sp³-hybridized carbons (Fsp3) is 0.462. The maximum atomic E-state index is 12.8. The summed E-state index contributed by atoms with van der Waals surface area (Å²) in [6.45, 7) is 10.4. The second-order valence-electron chi connectivity index (χ2n) is 7.96. The first kappa shape index (κ1) is 24.4. The molecular weight excluding hydrogens is 356 g/mol. The molecule has 1 rings (SSSR count). The van der Waals surface area contributed by atoms with Crippen molar-refractivity contribution < 1.29 is 4.79 Å². The molecule has 0 bridgehead atoms. The fourth-order valence-corrected chi connectivity index (χ4v) is 3.10. The standard InChI is InChI=1S/C26H36N2O/c1-5-22(3)14-9-7-12-17-24(21-27)20-26(4,6-2)25(29)28-19-13-18-23-15-10-8-11-16-23/h5,7-8,10-13,15-16,18,22,24H,1,6,9,14,17,19-20H2,2-4H3,(H,28,29)/b12-7+,18-13+. The number of hydrogen-bond acceptors (Lipinski definition) is 2. The minimum absolute atomic E-state index is 0.0155. The molecule has 0 aromatic heterocycles. The lowest BCUT2D eigenvalue weighted by molar-refractivity contribution is -0.130. The van der Waals surface area contributed by atoms with E-state index in [9.17, 15) is 10.1 Å². The lowest BCUT2D eigenvalue weighted by Crippen LogP contribution is -2.39. The van der Waals surface area contributed by atoms with E-state index in [1.165, 1.54) is 0 Å². The summed E-state index contributed by atoms with van der Waals surface area (Å²) in [7, 11) is 0. The number of rotatable bonds is 13. The van der Waals surface area contributed by atoms with E-state index in [2.05, 4.69) is 37.0 Å². The van der Waals surface area contributed by atoms with Crippen LogP contribution in [0.5, 0.6) is 0 Å². The summed E-state index contributed by atoms with van der Waals surface area (Å²) in [4.78, 5) is 12.8. The second kappa shape index (κ2) is 13.6. The third kappa shape index (κ3) is 9.43. The average molecular weight is 393 g/mol. The predicted octanol–water partition coefficient (Wildman–Crippen LogP) is 6.31. The van der Waals surface area contributed by atoms with Crippen molar-refractivity contribution in [2.45, 2.75) is 52.9 Å². The van der Waals surface area contributed by atoms with E-state index >= 15 is 0 Å². The van der Waals surface area contributed by atoms with Crippen LogP contribution in [0.2, 0.25) is 0 Å². The van der Waals surface area contributed by atoms with Crippen LogP contribution in [0.15, 0.2) is 61.2 Å². The molecule has 0 aliphatic carbocycles. The first-order valence-electron chi connectivity index (χ1n) is 10.6. The Morgan fingerprint density at radius 2 is 2.00 bits per heavy atom. The van der Waals surface area contributed by atoms with E-state index in [1.807, 2.05) is 62.4 Å². The summed E-state index contributed by atoms with van der Waals surface area (Å²) in [6.07, 6.45) is 14.2. The largest absolute Gasteiger partial charge is 0.352 e. The van der Waals surface area contributed by atoms with Crippen LogP contribution in [0.1, 0.15) is 58.4 Å². The minimum Gasteiger partial charge on any atom is -0.352 e. The van der Waals surface area contributed by atoms with Gasteiger partial charge in [0.15, 0.2) is 0 Å². The van der Waals surface area contributed by atoms with E-state index in [4.69, 9.17) is 0 Å². The van der Waals surface area contributed by atoms with Gasteiger partial charge in [-0.2, -0.15) is 5.26 Å². The van der Waals surface area contributed by atoms with E-state index < -0.39 is 5.41 Å². The molecule has 3 nitrogen and oxygen atoms in total. The molecule has 1 aromatic rings. The molecule has 1 aromatic carbocycles. The average Bonchev–Trinajstić information content (AvgIpc) is 2.75. The van der Waals surface area contributed by atoms with Crippen molar-refractivity contribution in [3.05, 3.63) is 66.8 Å². The third-order valence-electron chi connectivity index (χ3n) is 5.48. The number of nitriles is 1. The van der Waals surface area contributed by atoms with Gasteiger partial charge in [0.05, 0.1) is 12.0 Å². The number of benzene rings is 1. The smallest absolute Gasteiger partial charge is 0.226 e. The molecule has 0 fully saturated rings. The Hall–Kier alpha value is -2.60. The molecule has 0 spiro atoms. The molecule has 29 heavy (non-hydrogen) atoms. The molecule has 0 saturated carbocycles. The molecule has 1 amide bonds. The number of nitrogens with zero attached hydrogens (tertiary/aromatic N) is 1. The van der Waals surface area contributed by atoms with Crippen molar-refractivity contribution in [1.29, 1.82) is 5.26 Å². The van der Waals surface area contributed by atoms with Crippen LogP contribution in [0.25, 0.3) is 6.08 Å². The van der Waals surface area contributed by atoms with Crippen LogP contribution in [0, 0.1) is 28.6 Å². The number of nitrogens with one attached hydrogen (secondary N) is 1. The SMILES string of the molecule is C=CC(C)CC/C=C/CC(C#N)CC(C)(CC)C(=O)NC/C=C/c1ccccc1. The number of allylic oxidation sites excluding steroid dienone is 3. The van der Waals surface area contributed by atoms with Crippen molar-refractivity contribution in [2.24, 2.45) is 17.3 Å². The van der Waals surface area contributed by atoms with Gasteiger partial charge in [0.2, 0.25) is 5.91 Å². The lowest BCUT2D eigenvalue weighted by atomic mass is 9.77. The highest BCUT2D eigenvalue weighted by atomic mass is 16.2. The quantitative estimate of drug-likeness (QED) is 0.400. The van der Waals surface area contributed by atoms with Gasteiger partial charge in [0, 0.05) is 12.0 Å². The fourth-order valence-electron chi connectivity index (χ4n) is 3.10. The third-order valence-corrected chi connectivity index (χ3v) is 5.48. The highest BCUT2D eigenvalue weighted by molar-refractivity contribution is 5.82. The van der Waals surface area contributed by atoms with E-state index in [-0.39, 0.29) is 11.8 Å². The Balaban J connectivity index is 2.52. The highest BCUT2D eigenvalue weighted by Crippen LogP contribution is 2.31. The van der Waals surface area contributed by atoms with Crippen molar-refractivity contribution in [2.75, 3.05) is 6.54 Å². The molecule has 0 aliphatic rings. The van der Waals surface area contributed by atoms with Crippen LogP contribution in [0.4, 0.5) is 0 Å². The molecule has 1 N–H and O–H groups in total. The Bertz CT molecular complexity index is 714. The lowest BCUT2D eigenvalue weighted by Gasteiger charge is -2.28. The first-order valence-corrected chi connectivity index (χ1v) is 10.6. The molecule has 0 saturated heterocycles. The zero-order valence-corrected chi connectivity index (χ0v) is 18.2. The molecule has 3 heteroatoms. The number of amides is 1. The van der Waals surface area contributed by atoms with Crippen LogP contribution < -0.4 is 5.32 Å². The monoisotopic (exact) mass is 392 g/mol. The Labute approximate surface area is 177 Å². The van der Waals surface area contributed by atoms with Crippen molar-refractivity contribution in [3.63, 3.8) is 0 Å². The zero-order valence-electron chi connectivity index (χ0n) is 18.2. The van der Waals surface area contributed by atoms with Crippen LogP contribution in [0.3, 0.4) is 0 Å². The molecule has 156 valence electrons. The van der Waals surface area contributed by atoms with Gasteiger partial charge >= 0.3 is 0 Å². The molecule has 0 aliphatic heterocycles. The predicted molar refractivity (Wildman–Crippen MR) is 123 cm³/mol. The minimum atomic E-state index is -0.536. The van der Waals surface area contributed by atoms with Gasteiger partial charge < -0.3 is 5.32 Å². The van der Waals surface area contributed by atoms with Gasteiger partial charge in [-0.25, -0.2) is 0 Å². The maximum Gasteiger partial charge on any atom is 0.226 e. The Kier molecular flexibility index (Phi) is 11.4. The molecule has 3 atom stereocenters. The van der Waals surface area contributed by atoms with Crippen LogP contribution in [-0.2, 0) is 4.79 Å². The van der Waals surface area contributed by atoms with Gasteiger partial charge in [-0.05, 0) is 43.6 Å². The van der Waals surface area contributed by atoms with Crippen LogP contribution in [-0.4, -0.2) is 12.5 Å². The normalized spacial score (nSPS) is 15.5. The van der Waals surface area contributed by atoms with Gasteiger partial charge in [0.25, 0.3) is 0 Å². The van der Waals surface area contributed by atoms with E-state index in [0.717, 1.165) is 18.4 Å². The van der Waals surface area contributed by atoms with Gasteiger partial charge in [-0.15, -0.1) is 6.58 Å². The second-order valence-corrected chi connectivity index (χ2v) is 7.96. The number of hydrogen-bond donors (Lipinski definition) is 1. The van der Waals surface area contributed by atoms with E-state index in [1.54, 1.807) is 0 Å². The molecule has 0 heterocycles. The van der Waals surface area contributed by atoms with Gasteiger partial charge in [-0.3, -0.25) is 4.79 Å². The van der Waals surface area contributed by atoms with Crippen molar-refractivity contribution in [3.8, 4) is 6.07 Å². The summed E-state index contributed by atoms with van der Waals surface area (Å²) in [5.41, 5.74) is 0.574. The summed E-state index contributed by atoms with van der Waals surface area (Å²) in [5.74, 6) is 0.370. The summed E-state index contributed by atoms with van der Waals surface area (Å²) in [6, 6.07) is 12.4. The van der Waals surface area contributed by atoms with Crippen molar-refractivity contribution in [1.82, 2.24) is 5.32 Å². The summed E-state index contributed by atoms with van der Waals surface area (Å²) >= 11 is 0. The van der Waals surface area contributed by atoms with Crippen LogP contribution >= 0.6 is 0 Å². The highest BCUT2D eigenvalue weighted by Gasteiger charge is 2.33.